The topological polar surface area (TPSA) is 35.9 Å². The molecule has 5 heteroatoms. The van der Waals surface area contributed by atoms with Gasteiger partial charge in [-0.25, -0.2) is 9.40 Å². The zero-order valence-electron chi connectivity index (χ0n) is 16.3. The van der Waals surface area contributed by atoms with E-state index in [2.05, 4.69) is 24.0 Å². The van der Waals surface area contributed by atoms with Gasteiger partial charge in [0.2, 0.25) is 0 Å². The number of amides is 1. The van der Waals surface area contributed by atoms with Gasteiger partial charge in [0.05, 0.1) is 18.3 Å². The smallest absolute Gasteiger partial charge is 0.257 e. The maximum atomic E-state index is 13.3. The summed E-state index contributed by atoms with van der Waals surface area (Å²) in [5.74, 6) is -0.233. The molecule has 1 fully saturated rings. The van der Waals surface area contributed by atoms with Gasteiger partial charge < -0.3 is 0 Å². The minimum atomic E-state index is -0.268. The number of hydrogen-bond acceptors (Lipinski definition) is 3. The summed E-state index contributed by atoms with van der Waals surface area (Å²) < 4.78 is 13.3. The summed E-state index contributed by atoms with van der Waals surface area (Å²) in [5.41, 5.74) is 3.97. The lowest BCUT2D eigenvalue weighted by atomic mass is 9.95. The van der Waals surface area contributed by atoms with Crippen LogP contribution in [0.15, 0.2) is 53.6 Å². The molecule has 4 rings (SSSR count). The fraction of sp³-hybridized carbons (Fsp3) is 0.391. The van der Waals surface area contributed by atoms with E-state index < -0.39 is 0 Å². The molecule has 0 aromatic heterocycles. The number of carbonyl (C=O) groups excluding carboxylic acids is 1. The average molecular weight is 379 g/mol. The van der Waals surface area contributed by atoms with Gasteiger partial charge in [-0.2, -0.15) is 5.10 Å². The molecule has 0 spiro atoms. The number of likely N-dealkylation sites (tertiary alicyclic amines) is 1. The molecule has 0 bridgehead atoms. The second-order valence-electron chi connectivity index (χ2n) is 7.71. The van der Waals surface area contributed by atoms with Crippen molar-refractivity contribution in [1.29, 1.82) is 0 Å². The molecular formula is C23H26FN3O. The normalized spacial score (nSPS) is 20.3. The Morgan fingerprint density at radius 3 is 2.50 bits per heavy atom. The third-order valence-electron chi connectivity index (χ3n) is 5.70. The van der Waals surface area contributed by atoms with Crippen LogP contribution in [0.1, 0.15) is 48.4 Å². The van der Waals surface area contributed by atoms with Gasteiger partial charge in [0.1, 0.15) is 5.82 Å². The molecule has 2 aliphatic heterocycles. The number of piperidine rings is 1. The van der Waals surface area contributed by atoms with Crippen LogP contribution in [0.5, 0.6) is 0 Å². The first-order valence-corrected chi connectivity index (χ1v) is 10.0. The molecule has 2 aromatic rings. The maximum absolute atomic E-state index is 13.3. The Morgan fingerprint density at radius 1 is 1.07 bits per heavy atom. The summed E-state index contributed by atoms with van der Waals surface area (Å²) in [7, 11) is 0. The van der Waals surface area contributed by atoms with Crippen LogP contribution in [0.25, 0.3) is 0 Å². The molecule has 0 aliphatic carbocycles. The molecule has 0 saturated carbocycles. The highest BCUT2D eigenvalue weighted by atomic mass is 19.1. The Bertz CT molecular complexity index is 872. The van der Waals surface area contributed by atoms with Crippen molar-refractivity contribution in [3.05, 3.63) is 71.0 Å². The molecule has 146 valence electrons. The van der Waals surface area contributed by atoms with Crippen molar-refractivity contribution in [3.8, 4) is 0 Å². The lowest BCUT2D eigenvalue weighted by molar-refractivity contribution is -0.134. The van der Waals surface area contributed by atoms with Gasteiger partial charge in [0.25, 0.3) is 5.91 Å². The van der Waals surface area contributed by atoms with Crippen LogP contribution in [0.2, 0.25) is 0 Å². The van der Waals surface area contributed by atoms with Gasteiger partial charge in [-0.3, -0.25) is 9.69 Å². The predicted molar refractivity (Wildman–Crippen MR) is 109 cm³/mol. The predicted octanol–water partition coefficient (Wildman–Crippen LogP) is 4.30. The van der Waals surface area contributed by atoms with Gasteiger partial charge >= 0.3 is 0 Å². The van der Waals surface area contributed by atoms with E-state index in [0.717, 1.165) is 48.3 Å². The van der Waals surface area contributed by atoms with Crippen molar-refractivity contribution in [3.63, 3.8) is 0 Å². The van der Waals surface area contributed by atoms with Crippen molar-refractivity contribution < 1.29 is 9.18 Å². The largest absolute Gasteiger partial charge is 0.294 e. The van der Waals surface area contributed by atoms with Crippen molar-refractivity contribution >= 4 is 11.6 Å². The number of nitrogens with zero attached hydrogens (tertiary/aromatic N) is 3. The Morgan fingerprint density at radius 2 is 1.79 bits per heavy atom. The highest BCUT2D eigenvalue weighted by Gasteiger charge is 2.34. The van der Waals surface area contributed by atoms with Gasteiger partial charge in [-0.05, 0) is 61.7 Å². The van der Waals surface area contributed by atoms with E-state index >= 15 is 0 Å². The fourth-order valence-corrected chi connectivity index (χ4v) is 4.14. The Kier molecular flexibility index (Phi) is 5.53. The second kappa shape index (κ2) is 8.23. The first kappa shape index (κ1) is 18.8. The molecule has 0 N–H and O–H groups in total. The quantitative estimate of drug-likeness (QED) is 0.794. The van der Waals surface area contributed by atoms with E-state index in [4.69, 9.17) is 5.10 Å². The summed E-state index contributed by atoms with van der Waals surface area (Å²) in [6.45, 7) is 4.42. The number of rotatable bonds is 4. The van der Waals surface area contributed by atoms with Crippen molar-refractivity contribution in [2.75, 3.05) is 19.6 Å². The van der Waals surface area contributed by atoms with Crippen LogP contribution in [-0.4, -0.2) is 41.2 Å². The summed E-state index contributed by atoms with van der Waals surface area (Å²) in [4.78, 5) is 15.4. The molecular weight excluding hydrogens is 353 g/mol. The Hall–Kier alpha value is -2.53. The summed E-state index contributed by atoms with van der Waals surface area (Å²) >= 11 is 0. The number of halogens is 1. The first-order valence-electron chi connectivity index (χ1n) is 10.0. The Balaban J connectivity index is 1.62. The second-order valence-corrected chi connectivity index (χ2v) is 7.71. The average Bonchev–Trinajstić information content (AvgIpc) is 3.15. The number of aryl methyl sites for hydroxylation is 1. The molecule has 0 unspecified atom stereocenters. The minimum absolute atomic E-state index is 0.0345. The first-order chi connectivity index (χ1) is 13.6. The van der Waals surface area contributed by atoms with Crippen LogP contribution in [0.4, 0.5) is 4.39 Å². The number of benzene rings is 2. The zero-order chi connectivity index (χ0) is 19.5. The van der Waals surface area contributed by atoms with E-state index in [1.165, 1.54) is 18.6 Å². The number of hydrogen-bond donors (Lipinski definition) is 0. The van der Waals surface area contributed by atoms with E-state index in [-0.39, 0.29) is 17.8 Å². The van der Waals surface area contributed by atoms with Gasteiger partial charge in [-0.1, -0.05) is 42.8 Å². The molecule has 28 heavy (non-hydrogen) atoms. The zero-order valence-corrected chi connectivity index (χ0v) is 16.3. The van der Waals surface area contributed by atoms with Crippen molar-refractivity contribution in [2.24, 2.45) is 5.10 Å². The van der Waals surface area contributed by atoms with Crippen LogP contribution in [-0.2, 0) is 4.79 Å². The summed E-state index contributed by atoms with van der Waals surface area (Å²) in [5, 5.41) is 6.37. The molecule has 2 aliphatic rings. The molecule has 0 radical (unpaired) electrons. The van der Waals surface area contributed by atoms with Crippen LogP contribution < -0.4 is 0 Å². The SMILES string of the molecule is Cc1ccccc1[C@@H]1CC(c2ccc(F)cc2)=NN1C(=O)CN1CCCCC1. The number of carbonyl (C=O) groups is 1. The maximum Gasteiger partial charge on any atom is 0.257 e. The third kappa shape index (κ3) is 3.99. The lowest BCUT2D eigenvalue weighted by Crippen LogP contribution is -2.40. The Labute approximate surface area is 165 Å². The van der Waals surface area contributed by atoms with Crippen LogP contribution in [0, 0.1) is 12.7 Å². The molecule has 1 saturated heterocycles. The van der Waals surface area contributed by atoms with Gasteiger partial charge in [0.15, 0.2) is 0 Å². The van der Waals surface area contributed by atoms with E-state index in [9.17, 15) is 9.18 Å². The molecule has 2 aromatic carbocycles. The molecule has 2 heterocycles. The lowest BCUT2D eigenvalue weighted by Gasteiger charge is -2.29. The van der Waals surface area contributed by atoms with Crippen molar-refractivity contribution in [2.45, 2.75) is 38.6 Å². The highest BCUT2D eigenvalue weighted by molar-refractivity contribution is 6.03. The van der Waals surface area contributed by atoms with Crippen LogP contribution in [0.3, 0.4) is 0 Å². The highest BCUT2D eigenvalue weighted by Crippen LogP contribution is 2.34. The fourth-order valence-electron chi connectivity index (χ4n) is 4.14. The third-order valence-corrected chi connectivity index (χ3v) is 5.70. The molecule has 1 amide bonds. The van der Waals surface area contributed by atoms with E-state index in [0.29, 0.717) is 13.0 Å². The molecule has 4 nitrogen and oxygen atoms in total. The van der Waals surface area contributed by atoms with E-state index in [1.807, 2.05) is 12.1 Å². The standard InChI is InChI=1S/C23H26FN3O/c1-17-7-3-4-8-20(17)22-15-21(18-9-11-19(24)12-10-18)25-27(22)23(28)16-26-13-5-2-6-14-26/h3-4,7-12,22H,2,5-6,13-16H2,1H3/t22-/m0/s1. The van der Waals surface area contributed by atoms with Gasteiger partial charge in [-0.15, -0.1) is 0 Å². The van der Waals surface area contributed by atoms with Crippen molar-refractivity contribution in [1.82, 2.24) is 9.91 Å². The summed E-state index contributed by atoms with van der Waals surface area (Å²) in [6, 6.07) is 14.4. The number of hydrazone groups is 1. The monoisotopic (exact) mass is 379 g/mol. The minimum Gasteiger partial charge on any atom is -0.294 e. The van der Waals surface area contributed by atoms with E-state index in [1.54, 1.807) is 17.1 Å². The van der Waals surface area contributed by atoms with Gasteiger partial charge in [0, 0.05) is 6.42 Å². The van der Waals surface area contributed by atoms with Crippen LogP contribution >= 0.6 is 0 Å². The summed E-state index contributed by atoms with van der Waals surface area (Å²) in [6.07, 6.45) is 4.19. The molecule has 1 atom stereocenters.